The van der Waals surface area contributed by atoms with Crippen molar-refractivity contribution in [2.45, 2.75) is 40.2 Å². The van der Waals surface area contributed by atoms with Gasteiger partial charge >= 0.3 is 0 Å². The topological polar surface area (TPSA) is 29.5 Å². The Hall–Kier alpha value is -1.35. The number of ether oxygens (including phenoxy) is 1. The minimum Gasteiger partial charge on any atom is -0.371 e. The Morgan fingerprint density at radius 3 is 2.63 bits per heavy atom. The van der Waals surface area contributed by atoms with Gasteiger partial charge in [0.1, 0.15) is 6.10 Å². The van der Waals surface area contributed by atoms with E-state index in [1.807, 2.05) is 32.9 Å². The molecule has 1 atom stereocenters. The molecule has 1 saturated heterocycles. The monoisotopic (exact) mass is 263 g/mol. The van der Waals surface area contributed by atoms with Crippen LogP contribution in [-0.2, 0) is 9.53 Å². The first-order valence-corrected chi connectivity index (χ1v) is 6.71. The van der Waals surface area contributed by atoms with Crippen LogP contribution in [0.2, 0.25) is 0 Å². The van der Waals surface area contributed by atoms with Crippen LogP contribution in [0, 0.1) is 5.41 Å². The lowest BCUT2D eigenvalue weighted by Gasteiger charge is -2.22. The number of allylic oxidation sites excluding steroid dienone is 4. The third kappa shape index (κ3) is 3.57. The summed E-state index contributed by atoms with van der Waals surface area (Å²) < 4.78 is 5.32. The second-order valence-electron chi connectivity index (χ2n) is 5.71. The molecule has 1 rings (SSSR count). The summed E-state index contributed by atoms with van der Waals surface area (Å²) in [5.41, 5.74) is 1.72. The summed E-state index contributed by atoms with van der Waals surface area (Å²) in [6.07, 6.45) is 6.64. The number of nitrogens with zero attached hydrogens (tertiary/aromatic N) is 1. The molecule has 0 aromatic carbocycles. The molecule has 0 N–H and O–H groups in total. The van der Waals surface area contributed by atoms with Gasteiger partial charge in [0.05, 0.1) is 0 Å². The second-order valence-corrected chi connectivity index (χ2v) is 5.71. The molecule has 106 valence electrons. The van der Waals surface area contributed by atoms with Crippen LogP contribution >= 0.6 is 0 Å². The van der Waals surface area contributed by atoms with E-state index in [1.165, 1.54) is 5.57 Å². The van der Waals surface area contributed by atoms with E-state index in [0.29, 0.717) is 6.54 Å². The molecule has 3 heteroatoms. The van der Waals surface area contributed by atoms with Crippen molar-refractivity contribution in [2.24, 2.45) is 5.41 Å². The molecule has 1 aliphatic rings. The van der Waals surface area contributed by atoms with Crippen molar-refractivity contribution >= 4 is 5.91 Å². The van der Waals surface area contributed by atoms with E-state index >= 15 is 0 Å². The van der Waals surface area contributed by atoms with Crippen molar-refractivity contribution < 1.29 is 9.53 Å². The van der Waals surface area contributed by atoms with Crippen LogP contribution < -0.4 is 0 Å². The fourth-order valence-electron chi connectivity index (χ4n) is 2.41. The van der Waals surface area contributed by atoms with Gasteiger partial charge in [0, 0.05) is 24.8 Å². The molecule has 19 heavy (non-hydrogen) atoms. The first-order chi connectivity index (χ1) is 8.83. The largest absolute Gasteiger partial charge is 0.371 e. The molecular weight excluding hydrogens is 238 g/mol. The van der Waals surface area contributed by atoms with Gasteiger partial charge in [-0.15, -0.1) is 0 Å². The Bertz CT molecular complexity index is 418. The molecule has 3 nitrogen and oxygen atoms in total. The summed E-state index contributed by atoms with van der Waals surface area (Å²) in [4.78, 5) is 14.0. The van der Waals surface area contributed by atoms with Crippen LogP contribution in [0.3, 0.4) is 0 Å². The molecule has 0 bridgehead atoms. The van der Waals surface area contributed by atoms with Crippen molar-refractivity contribution in [3.63, 3.8) is 0 Å². The first kappa shape index (κ1) is 15.7. The van der Waals surface area contributed by atoms with Gasteiger partial charge in [-0.3, -0.25) is 4.79 Å². The number of carbonyl (C=O) groups is 1. The fraction of sp³-hybridized carbons (Fsp3) is 0.562. The number of hydrogen-bond donors (Lipinski definition) is 0. The standard InChI is InChI=1S/C16H25NO2/c1-7-8-12(2)9-10-13(3)17-11-16(4,5)14(19-6)15(17)18/h8-10,14H,3,7,11H2,1-2,4-6H3/b10-9+,12-8+. The Morgan fingerprint density at radius 2 is 2.16 bits per heavy atom. The molecule has 0 spiro atoms. The highest BCUT2D eigenvalue weighted by Crippen LogP contribution is 2.34. The molecular formula is C16H25NO2. The van der Waals surface area contributed by atoms with E-state index in [-0.39, 0.29) is 17.4 Å². The molecule has 1 fully saturated rings. The van der Waals surface area contributed by atoms with Gasteiger partial charge in [0.2, 0.25) is 0 Å². The molecule has 0 radical (unpaired) electrons. The van der Waals surface area contributed by atoms with Crippen LogP contribution in [0.5, 0.6) is 0 Å². The smallest absolute Gasteiger partial charge is 0.256 e. The minimum atomic E-state index is -0.384. The van der Waals surface area contributed by atoms with Crippen molar-refractivity contribution in [3.05, 3.63) is 36.1 Å². The third-order valence-electron chi connectivity index (χ3n) is 3.41. The number of rotatable bonds is 5. The lowest BCUT2D eigenvalue weighted by Crippen LogP contribution is -2.32. The maximum atomic E-state index is 12.3. The molecule has 0 aromatic heterocycles. The zero-order valence-corrected chi connectivity index (χ0v) is 12.7. The zero-order chi connectivity index (χ0) is 14.6. The fourth-order valence-corrected chi connectivity index (χ4v) is 2.41. The highest BCUT2D eigenvalue weighted by atomic mass is 16.5. The molecule has 0 saturated carbocycles. The Labute approximate surface area is 116 Å². The van der Waals surface area contributed by atoms with Gasteiger partial charge in [-0.1, -0.05) is 45.1 Å². The summed E-state index contributed by atoms with van der Waals surface area (Å²) in [6, 6.07) is 0. The highest BCUT2D eigenvalue weighted by molar-refractivity contribution is 5.86. The van der Waals surface area contributed by atoms with Gasteiger partial charge in [-0.05, 0) is 19.4 Å². The first-order valence-electron chi connectivity index (χ1n) is 6.71. The average Bonchev–Trinajstić information content (AvgIpc) is 2.56. The molecule has 1 heterocycles. The number of hydrogen-bond acceptors (Lipinski definition) is 2. The average molecular weight is 263 g/mol. The SMILES string of the molecule is C=C(/C=C/C(C)=C/CC)N1CC(C)(C)C(OC)C1=O. The predicted octanol–water partition coefficient (Wildman–Crippen LogP) is 3.30. The maximum Gasteiger partial charge on any atom is 0.256 e. The van der Waals surface area contributed by atoms with E-state index in [1.54, 1.807) is 12.0 Å². The van der Waals surface area contributed by atoms with Crippen LogP contribution in [0.25, 0.3) is 0 Å². The Morgan fingerprint density at radius 1 is 1.53 bits per heavy atom. The maximum absolute atomic E-state index is 12.3. The summed E-state index contributed by atoms with van der Waals surface area (Å²) in [5.74, 6) is -0.000672. The van der Waals surface area contributed by atoms with Gasteiger partial charge in [0.15, 0.2) is 0 Å². The highest BCUT2D eigenvalue weighted by Gasteiger charge is 2.46. The number of amides is 1. The number of methoxy groups -OCH3 is 1. The Balaban J connectivity index is 2.80. The normalized spacial score (nSPS) is 23.4. The van der Waals surface area contributed by atoms with Crippen molar-refractivity contribution in [2.75, 3.05) is 13.7 Å². The second kappa shape index (κ2) is 6.20. The van der Waals surface area contributed by atoms with E-state index in [2.05, 4.69) is 19.6 Å². The van der Waals surface area contributed by atoms with E-state index in [0.717, 1.165) is 12.1 Å². The minimum absolute atomic E-state index is 0.000672. The molecule has 1 unspecified atom stereocenters. The van der Waals surface area contributed by atoms with Crippen LogP contribution in [0.4, 0.5) is 0 Å². The number of likely N-dealkylation sites (tertiary alicyclic amines) is 1. The van der Waals surface area contributed by atoms with E-state index in [9.17, 15) is 4.79 Å². The van der Waals surface area contributed by atoms with Crippen molar-refractivity contribution in [3.8, 4) is 0 Å². The zero-order valence-electron chi connectivity index (χ0n) is 12.7. The lowest BCUT2D eigenvalue weighted by atomic mass is 9.90. The van der Waals surface area contributed by atoms with E-state index in [4.69, 9.17) is 4.74 Å². The van der Waals surface area contributed by atoms with Crippen molar-refractivity contribution in [1.82, 2.24) is 4.90 Å². The molecule has 1 amide bonds. The van der Waals surface area contributed by atoms with Crippen molar-refractivity contribution in [1.29, 1.82) is 0 Å². The lowest BCUT2D eigenvalue weighted by molar-refractivity contribution is -0.136. The van der Waals surface area contributed by atoms with Gasteiger partial charge in [-0.25, -0.2) is 0 Å². The summed E-state index contributed by atoms with van der Waals surface area (Å²) in [7, 11) is 1.58. The molecule has 0 aliphatic carbocycles. The molecule has 1 aliphatic heterocycles. The van der Waals surface area contributed by atoms with Gasteiger partial charge in [-0.2, -0.15) is 0 Å². The summed E-state index contributed by atoms with van der Waals surface area (Å²) >= 11 is 0. The Kier molecular flexibility index (Phi) is 5.12. The summed E-state index contributed by atoms with van der Waals surface area (Å²) in [5, 5.41) is 0. The van der Waals surface area contributed by atoms with Crippen LogP contribution in [0.1, 0.15) is 34.1 Å². The quantitative estimate of drug-likeness (QED) is 0.712. The summed E-state index contributed by atoms with van der Waals surface area (Å²) in [6.45, 7) is 12.9. The predicted molar refractivity (Wildman–Crippen MR) is 78.6 cm³/mol. The van der Waals surface area contributed by atoms with Crippen LogP contribution in [-0.4, -0.2) is 30.6 Å². The van der Waals surface area contributed by atoms with Gasteiger partial charge in [0.25, 0.3) is 5.91 Å². The molecule has 0 aromatic rings. The van der Waals surface area contributed by atoms with Crippen LogP contribution in [0.15, 0.2) is 36.1 Å². The third-order valence-corrected chi connectivity index (χ3v) is 3.41. The van der Waals surface area contributed by atoms with E-state index < -0.39 is 0 Å². The number of carbonyl (C=O) groups excluding carboxylic acids is 1. The van der Waals surface area contributed by atoms with Gasteiger partial charge < -0.3 is 9.64 Å².